The fourth-order valence-corrected chi connectivity index (χ4v) is 3.75. The largest absolute Gasteiger partial charge is 0.408 e. The first-order chi connectivity index (χ1) is 12.0. The van der Waals surface area contributed by atoms with Gasteiger partial charge in [0.05, 0.1) is 5.56 Å². The summed E-state index contributed by atoms with van der Waals surface area (Å²) in [6.07, 6.45) is 4.87. The molecule has 2 aromatic rings. The minimum Gasteiger partial charge on any atom is -0.408 e. The van der Waals surface area contributed by atoms with Gasteiger partial charge in [-0.1, -0.05) is 36.5 Å². The Bertz CT molecular complexity index is 860. The molecule has 1 heterocycles. The number of hydrogen-bond donors (Lipinski definition) is 1. The highest BCUT2D eigenvalue weighted by molar-refractivity contribution is 7.91. The zero-order valence-electron chi connectivity index (χ0n) is 13.4. The predicted molar refractivity (Wildman–Crippen MR) is 86.8 cm³/mol. The molecule has 9 heteroatoms. The van der Waals surface area contributed by atoms with Crippen molar-refractivity contribution < 1.29 is 22.0 Å². The van der Waals surface area contributed by atoms with Crippen LogP contribution in [0.15, 0.2) is 33.9 Å². The molecular weight excluding hydrogens is 349 g/mol. The van der Waals surface area contributed by atoms with E-state index < -0.39 is 32.5 Å². The van der Waals surface area contributed by atoms with Crippen LogP contribution in [0.1, 0.15) is 32.1 Å². The normalized spacial score (nSPS) is 15.9. The number of benzene rings is 1. The molecule has 1 saturated carbocycles. The van der Waals surface area contributed by atoms with Crippen LogP contribution in [0.25, 0.3) is 11.5 Å². The third-order valence-electron chi connectivity index (χ3n) is 4.07. The predicted octanol–water partition coefficient (Wildman–Crippen LogP) is 2.10. The topological polar surface area (TPSA) is 102 Å². The molecule has 1 aliphatic rings. The molecule has 1 fully saturated rings. The summed E-state index contributed by atoms with van der Waals surface area (Å²) in [6.45, 7) is 0. The van der Waals surface area contributed by atoms with Gasteiger partial charge in [0.25, 0.3) is 5.89 Å². The molecule has 0 atom stereocenters. The zero-order chi connectivity index (χ0) is 17.9. The van der Waals surface area contributed by atoms with Crippen molar-refractivity contribution in [1.29, 1.82) is 0 Å². The van der Waals surface area contributed by atoms with Crippen LogP contribution in [-0.4, -0.2) is 36.3 Å². The lowest BCUT2D eigenvalue weighted by atomic mass is 9.95. The van der Waals surface area contributed by atoms with E-state index in [0.29, 0.717) is 0 Å². The molecule has 0 aliphatic heterocycles. The lowest BCUT2D eigenvalue weighted by molar-refractivity contribution is -0.119. The zero-order valence-corrected chi connectivity index (χ0v) is 14.3. The van der Waals surface area contributed by atoms with E-state index in [-0.39, 0.29) is 17.5 Å². The van der Waals surface area contributed by atoms with Crippen LogP contribution in [0.5, 0.6) is 0 Å². The van der Waals surface area contributed by atoms with Crippen LogP contribution in [0.4, 0.5) is 4.39 Å². The second-order valence-electron chi connectivity index (χ2n) is 6.01. The maximum absolute atomic E-state index is 13.7. The van der Waals surface area contributed by atoms with Gasteiger partial charge in [-0.3, -0.25) is 4.79 Å². The molecule has 1 N–H and O–H groups in total. The van der Waals surface area contributed by atoms with Gasteiger partial charge in [0, 0.05) is 6.04 Å². The Kier molecular flexibility index (Phi) is 5.12. The third kappa shape index (κ3) is 4.22. The summed E-state index contributed by atoms with van der Waals surface area (Å²) >= 11 is 0. The van der Waals surface area contributed by atoms with Crippen molar-refractivity contribution in [2.45, 2.75) is 43.4 Å². The van der Waals surface area contributed by atoms with E-state index in [4.69, 9.17) is 4.42 Å². The number of carbonyl (C=O) groups excluding carboxylic acids is 1. The summed E-state index contributed by atoms with van der Waals surface area (Å²) in [7, 11) is -4.09. The average molecular weight is 367 g/mol. The molecule has 0 spiro atoms. The van der Waals surface area contributed by atoms with Crippen molar-refractivity contribution in [1.82, 2.24) is 15.5 Å². The van der Waals surface area contributed by atoms with Gasteiger partial charge in [0.15, 0.2) is 0 Å². The lowest BCUT2D eigenvalue weighted by Gasteiger charge is -2.22. The maximum Gasteiger partial charge on any atom is 0.336 e. The number of carbonyl (C=O) groups is 1. The molecule has 7 nitrogen and oxygen atoms in total. The molecule has 0 radical (unpaired) electrons. The highest BCUT2D eigenvalue weighted by atomic mass is 32.2. The van der Waals surface area contributed by atoms with E-state index in [2.05, 4.69) is 15.5 Å². The smallest absolute Gasteiger partial charge is 0.336 e. The van der Waals surface area contributed by atoms with E-state index in [9.17, 15) is 17.6 Å². The molecule has 0 bridgehead atoms. The molecule has 1 aliphatic carbocycles. The monoisotopic (exact) mass is 367 g/mol. The first kappa shape index (κ1) is 17.5. The molecule has 1 aromatic heterocycles. The van der Waals surface area contributed by atoms with Gasteiger partial charge in [-0.25, -0.2) is 12.8 Å². The van der Waals surface area contributed by atoms with E-state index in [0.717, 1.165) is 32.1 Å². The maximum atomic E-state index is 13.7. The molecule has 1 aromatic carbocycles. The fourth-order valence-electron chi connectivity index (χ4n) is 2.83. The Balaban J connectivity index is 1.70. The standard InChI is InChI=1S/C16H18FN3O4S/c17-13-9-5-4-8-12(13)15-19-20-16(24-15)25(22,23)10-14(21)18-11-6-2-1-3-7-11/h4-5,8-9,11H,1-3,6-7,10H2,(H,18,21). The van der Waals surface area contributed by atoms with E-state index in [1.165, 1.54) is 18.2 Å². The van der Waals surface area contributed by atoms with Crippen LogP contribution in [0.3, 0.4) is 0 Å². The minimum atomic E-state index is -4.09. The number of nitrogens with zero attached hydrogens (tertiary/aromatic N) is 2. The summed E-state index contributed by atoms with van der Waals surface area (Å²) < 4.78 is 43.3. The summed E-state index contributed by atoms with van der Waals surface area (Å²) in [4.78, 5) is 12.0. The van der Waals surface area contributed by atoms with Gasteiger partial charge >= 0.3 is 5.22 Å². The lowest BCUT2D eigenvalue weighted by Crippen LogP contribution is -2.39. The van der Waals surface area contributed by atoms with Gasteiger partial charge < -0.3 is 9.73 Å². The van der Waals surface area contributed by atoms with Gasteiger partial charge in [-0.15, -0.1) is 5.10 Å². The van der Waals surface area contributed by atoms with Crippen LogP contribution in [0.2, 0.25) is 0 Å². The van der Waals surface area contributed by atoms with Gasteiger partial charge in [-0.2, -0.15) is 0 Å². The number of hydrogen-bond acceptors (Lipinski definition) is 6. The van der Waals surface area contributed by atoms with Crippen LogP contribution >= 0.6 is 0 Å². The number of nitrogens with one attached hydrogen (secondary N) is 1. The molecule has 1 amide bonds. The third-order valence-corrected chi connectivity index (χ3v) is 5.41. The Morgan fingerprint density at radius 1 is 1.20 bits per heavy atom. The van der Waals surface area contributed by atoms with Gasteiger partial charge in [0.1, 0.15) is 11.6 Å². The van der Waals surface area contributed by atoms with Crippen molar-refractivity contribution >= 4 is 15.7 Å². The highest BCUT2D eigenvalue weighted by Crippen LogP contribution is 2.23. The highest BCUT2D eigenvalue weighted by Gasteiger charge is 2.28. The van der Waals surface area contributed by atoms with Crippen molar-refractivity contribution in [3.8, 4) is 11.5 Å². The number of rotatable bonds is 5. The second kappa shape index (κ2) is 7.30. The molecule has 3 rings (SSSR count). The van der Waals surface area contributed by atoms with Gasteiger partial charge in [0.2, 0.25) is 15.7 Å². The summed E-state index contributed by atoms with van der Waals surface area (Å²) in [6, 6.07) is 5.66. The average Bonchev–Trinajstić information content (AvgIpc) is 3.06. The van der Waals surface area contributed by atoms with Crippen molar-refractivity contribution in [3.05, 3.63) is 30.1 Å². The Hall–Kier alpha value is -2.29. The summed E-state index contributed by atoms with van der Waals surface area (Å²) in [5, 5.41) is 9.06. The number of sulfone groups is 1. The molecule has 134 valence electrons. The Labute approximate surface area is 144 Å². The van der Waals surface area contributed by atoms with Crippen LogP contribution in [0, 0.1) is 5.82 Å². The molecule has 25 heavy (non-hydrogen) atoms. The SMILES string of the molecule is O=C(CS(=O)(=O)c1nnc(-c2ccccc2F)o1)NC1CCCCC1. The first-order valence-electron chi connectivity index (χ1n) is 8.06. The molecular formula is C16H18FN3O4S. The Morgan fingerprint density at radius 2 is 1.92 bits per heavy atom. The van der Waals surface area contributed by atoms with E-state index in [1.54, 1.807) is 6.07 Å². The number of aromatic nitrogens is 2. The summed E-state index contributed by atoms with van der Waals surface area (Å²) in [5.41, 5.74) is 0.00288. The first-order valence-corrected chi connectivity index (χ1v) is 9.71. The number of amides is 1. The van der Waals surface area contributed by atoms with Crippen LogP contribution < -0.4 is 5.32 Å². The van der Waals surface area contributed by atoms with E-state index >= 15 is 0 Å². The van der Waals surface area contributed by atoms with Gasteiger partial charge in [-0.05, 0) is 25.0 Å². The molecule has 0 saturated heterocycles. The van der Waals surface area contributed by atoms with Crippen molar-refractivity contribution in [2.24, 2.45) is 0 Å². The van der Waals surface area contributed by atoms with Crippen molar-refractivity contribution in [2.75, 3.05) is 5.75 Å². The summed E-state index contributed by atoms with van der Waals surface area (Å²) in [5.74, 6) is -2.23. The Morgan fingerprint density at radius 3 is 2.64 bits per heavy atom. The van der Waals surface area contributed by atoms with E-state index in [1.807, 2.05) is 0 Å². The van der Waals surface area contributed by atoms with Crippen LogP contribution in [-0.2, 0) is 14.6 Å². The fraction of sp³-hybridized carbons (Fsp3) is 0.438. The minimum absolute atomic E-state index is 0.00288. The van der Waals surface area contributed by atoms with Crippen molar-refractivity contribution in [3.63, 3.8) is 0 Å². The quantitative estimate of drug-likeness (QED) is 0.868. The second-order valence-corrected chi connectivity index (χ2v) is 7.88. The molecule has 0 unspecified atom stereocenters. The number of halogens is 1.